The van der Waals surface area contributed by atoms with Crippen LogP contribution in [0.5, 0.6) is 5.75 Å². The van der Waals surface area contributed by atoms with Gasteiger partial charge in [-0.25, -0.2) is 14.4 Å². The van der Waals surface area contributed by atoms with E-state index in [4.69, 9.17) is 14.2 Å². The summed E-state index contributed by atoms with van der Waals surface area (Å²) in [6.07, 6.45) is -0.994. The molecule has 11 heteroatoms. The molecule has 0 radical (unpaired) electrons. The first-order valence-corrected chi connectivity index (χ1v) is 9.81. The van der Waals surface area contributed by atoms with Crippen molar-refractivity contribution in [2.24, 2.45) is 0 Å². The maximum Gasteiger partial charge on any atom is 0.408 e. The number of hydrogen-bond acceptors (Lipinski definition) is 8. The number of carboxylic acids is 1. The summed E-state index contributed by atoms with van der Waals surface area (Å²) in [6.45, 7) is 4.14. The van der Waals surface area contributed by atoms with Crippen molar-refractivity contribution in [3.8, 4) is 5.75 Å². The number of carboxylic acid groups (broad SMARTS) is 1. The molecule has 0 aliphatic carbocycles. The summed E-state index contributed by atoms with van der Waals surface area (Å²) in [6, 6.07) is 10.7. The number of alkyl carbamates (subject to hydrolysis) is 1. The number of aliphatic carboxylic acids is 1. The van der Waals surface area contributed by atoms with E-state index in [2.05, 4.69) is 5.32 Å². The molecule has 0 saturated carbocycles. The Bertz CT molecular complexity index is 1020. The molecule has 0 aliphatic heterocycles. The van der Waals surface area contributed by atoms with Gasteiger partial charge in [0.2, 0.25) is 0 Å². The molecule has 2 aromatic rings. The molecule has 0 fully saturated rings. The summed E-state index contributed by atoms with van der Waals surface area (Å²) in [5.74, 6) is -2.55. The molecule has 0 aromatic heterocycles. The first kappa shape index (κ1) is 25.1. The summed E-state index contributed by atoms with van der Waals surface area (Å²) in [5.41, 5.74) is -0.627. The normalized spacial score (nSPS) is 11.7. The smallest absolute Gasteiger partial charge is 0.408 e. The number of nitrogens with zero attached hydrogens (tertiary/aromatic N) is 1. The summed E-state index contributed by atoms with van der Waals surface area (Å²) in [4.78, 5) is 46.3. The molecular formula is C22H24N2O9. The van der Waals surface area contributed by atoms with Gasteiger partial charge in [0.1, 0.15) is 18.8 Å². The molecule has 11 nitrogen and oxygen atoms in total. The number of esters is 1. The lowest BCUT2D eigenvalue weighted by molar-refractivity contribution is -0.385. The molecule has 2 rings (SSSR count). The summed E-state index contributed by atoms with van der Waals surface area (Å²) in [7, 11) is 0. The molecule has 0 saturated heterocycles. The zero-order valence-electron chi connectivity index (χ0n) is 18.3. The Morgan fingerprint density at radius 1 is 1.12 bits per heavy atom. The highest BCUT2D eigenvalue weighted by molar-refractivity contribution is 5.90. The fourth-order valence-corrected chi connectivity index (χ4v) is 2.51. The lowest BCUT2D eigenvalue weighted by Gasteiger charge is -2.22. The van der Waals surface area contributed by atoms with Crippen LogP contribution >= 0.6 is 0 Å². The molecule has 0 unspecified atom stereocenters. The van der Waals surface area contributed by atoms with Crippen LogP contribution < -0.4 is 10.1 Å². The van der Waals surface area contributed by atoms with Gasteiger partial charge in [-0.15, -0.1) is 0 Å². The van der Waals surface area contributed by atoms with Crippen LogP contribution in [0.3, 0.4) is 0 Å². The fraction of sp³-hybridized carbons (Fsp3) is 0.318. The molecule has 0 aliphatic rings. The van der Waals surface area contributed by atoms with E-state index in [9.17, 15) is 29.6 Å². The fourth-order valence-electron chi connectivity index (χ4n) is 2.51. The number of amides is 1. The Hall–Kier alpha value is -4.15. The van der Waals surface area contributed by atoms with Crippen LogP contribution in [0, 0.1) is 10.1 Å². The summed E-state index contributed by atoms with van der Waals surface area (Å²) < 4.78 is 15.5. The van der Waals surface area contributed by atoms with Gasteiger partial charge in [-0.2, -0.15) is 0 Å². The molecule has 0 bridgehead atoms. The van der Waals surface area contributed by atoms with Gasteiger partial charge in [-0.1, -0.05) is 30.3 Å². The summed E-state index contributed by atoms with van der Waals surface area (Å²) in [5, 5.41) is 22.8. The molecule has 1 amide bonds. The van der Waals surface area contributed by atoms with Gasteiger partial charge in [-0.05, 0) is 32.4 Å². The number of benzene rings is 2. The zero-order valence-corrected chi connectivity index (χ0v) is 18.3. The predicted octanol–water partition coefficient (Wildman–Crippen LogP) is 3.31. The van der Waals surface area contributed by atoms with E-state index in [1.54, 1.807) is 45.0 Å². The van der Waals surface area contributed by atoms with Crippen LogP contribution in [-0.2, 0) is 20.9 Å². The van der Waals surface area contributed by atoms with Gasteiger partial charge in [0, 0.05) is 12.1 Å². The number of nitro groups is 1. The third kappa shape index (κ3) is 8.13. The Labute approximate surface area is 189 Å². The number of nitrogens with one attached hydrogen (secondary N) is 1. The maximum atomic E-state index is 12.4. The van der Waals surface area contributed by atoms with Crippen LogP contribution in [0.2, 0.25) is 0 Å². The molecule has 2 aromatic carbocycles. The molecule has 0 spiro atoms. The van der Waals surface area contributed by atoms with E-state index in [-0.39, 0.29) is 17.9 Å². The second kappa shape index (κ2) is 10.9. The second-order valence-electron chi connectivity index (χ2n) is 7.85. The number of ether oxygens (including phenoxy) is 3. The van der Waals surface area contributed by atoms with Crippen molar-refractivity contribution in [2.75, 3.05) is 6.61 Å². The molecule has 2 N–H and O–H groups in total. The first-order valence-electron chi connectivity index (χ1n) is 9.81. The van der Waals surface area contributed by atoms with Crippen molar-refractivity contribution >= 4 is 23.7 Å². The van der Waals surface area contributed by atoms with E-state index in [0.29, 0.717) is 0 Å². The van der Waals surface area contributed by atoms with E-state index in [0.717, 1.165) is 17.7 Å². The number of hydrogen-bond donors (Lipinski definition) is 2. The minimum atomic E-state index is -1.56. The van der Waals surface area contributed by atoms with Crippen LogP contribution in [0.1, 0.15) is 36.7 Å². The highest BCUT2D eigenvalue weighted by Gasteiger charge is 2.26. The maximum absolute atomic E-state index is 12.4. The van der Waals surface area contributed by atoms with Gasteiger partial charge in [-0.3, -0.25) is 10.1 Å². The van der Waals surface area contributed by atoms with Crippen molar-refractivity contribution in [1.29, 1.82) is 0 Å². The topological polar surface area (TPSA) is 154 Å². The van der Waals surface area contributed by atoms with Gasteiger partial charge < -0.3 is 24.6 Å². The summed E-state index contributed by atoms with van der Waals surface area (Å²) >= 11 is 0. The van der Waals surface area contributed by atoms with Crippen molar-refractivity contribution < 1.29 is 38.6 Å². The lowest BCUT2D eigenvalue weighted by Crippen LogP contribution is -2.46. The Kier molecular flexibility index (Phi) is 8.32. The van der Waals surface area contributed by atoms with Gasteiger partial charge >= 0.3 is 23.7 Å². The first-order chi connectivity index (χ1) is 15.5. The minimum absolute atomic E-state index is 0.00620. The number of nitro benzene ring substituents is 1. The SMILES string of the molecule is CC(C)(C)OC(=O)N[C@@H](COc1cc(C(=O)OCc2ccccc2)ccc1[N+](=O)[O-])C(=O)O. The van der Waals surface area contributed by atoms with Crippen LogP contribution in [0.15, 0.2) is 48.5 Å². The van der Waals surface area contributed by atoms with Crippen molar-refractivity contribution in [1.82, 2.24) is 5.32 Å². The Morgan fingerprint density at radius 3 is 2.36 bits per heavy atom. The largest absolute Gasteiger partial charge is 0.484 e. The Balaban J connectivity index is 2.12. The third-order valence-corrected chi connectivity index (χ3v) is 4.00. The number of rotatable bonds is 9. The highest BCUT2D eigenvalue weighted by atomic mass is 16.6. The quantitative estimate of drug-likeness (QED) is 0.326. The van der Waals surface area contributed by atoms with Crippen LogP contribution in [0.4, 0.5) is 10.5 Å². The minimum Gasteiger partial charge on any atom is -0.484 e. The van der Waals surface area contributed by atoms with Gasteiger partial charge in [0.05, 0.1) is 10.5 Å². The average molecular weight is 460 g/mol. The van der Waals surface area contributed by atoms with Crippen LogP contribution in [-0.4, -0.2) is 46.3 Å². The van der Waals surface area contributed by atoms with Crippen molar-refractivity contribution in [2.45, 2.75) is 39.0 Å². The molecule has 0 heterocycles. The van der Waals surface area contributed by atoms with Gasteiger partial charge in [0.15, 0.2) is 11.8 Å². The number of carbonyl (C=O) groups excluding carboxylic acids is 2. The molecule has 1 atom stereocenters. The van der Waals surface area contributed by atoms with E-state index < -0.39 is 46.9 Å². The third-order valence-electron chi connectivity index (χ3n) is 4.00. The second-order valence-corrected chi connectivity index (χ2v) is 7.85. The van der Waals surface area contributed by atoms with Crippen molar-refractivity contribution in [3.05, 3.63) is 69.8 Å². The highest BCUT2D eigenvalue weighted by Crippen LogP contribution is 2.28. The van der Waals surface area contributed by atoms with Crippen molar-refractivity contribution in [3.63, 3.8) is 0 Å². The van der Waals surface area contributed by atoms with E-state index in [1.807, 2.05) is 6.07 Å². The average Bonchev–Trinajstić information content (AvgIpc) is 2.73. The van der Waals surface area contributed by atoms with E-state index in [1.165, 1.54) is 6.07 Å². The molecular weight excluding hydrogens is 436 g/mol. The molecule has 176 valence electrons. The number of carbonyl (C=O) groups is 3. The van der Waals surface area contributed by atoms with Crippen LogP contribution in [0.25, 0.3) is 0 Å². The molecule has 33 heavy (non-hydrogen) atoms. The van der Waals surface area contributed by atoms with E-state index >= 15 is 0 Å². The van der Waals surface area contributed by atoms with Gasteiger partial charge in [0.25, 0.3) is 0 Å². The lowest BCUT2D eigenvalue weighted by atomic mass is 10.2. The predicted molar refractivity (Wildman–Crippen MR) is 115 cm³/mol. The Morgan fingerprint density at radius 2 is 1.79 bits per heavy atom. The standard InChI is InChI=1S/C22H24N2O9/c1-22(2,3)33-21(28)23-16(19(25)26)13-31-18-11-15(9-10-17(18)24(29)30)20(27)32-12-14-7-5-4-6-8-14/h4-11,16H,12-13H2,1-3H3,(H,23,28)(H,25,26)/t16-/m0/s1. The monoisotopic (exact) mass is 460 g/mol. The zero-order chi connectivity index (χ0) is 24.6.